The fourth-order valence-corrected chi connectivity index (χ4v) is 1.48. The molecule has 4 N–H and O–H groups in total. The first kappa shape index (κ1) is 13.7. The van der Waals surface area contributed by atoms with Crippen molar-refractivity contribution in [2.75, 3.05) is 11.1 Å². The van der Waals surface area contributed by atoms with Crippen LogP contribution in [0.3, 0.4) is 0 Å². The van der Waals surface area contributed by atoms with Gasteiger partial charge in [0.1, 0.15) is 23.4 Å². The van der Waals surface area contributed by atoms with Gasteiger partial charge in [-0.1, -0.05) is 0 Å². The van der Waals surface area contributed by atoms with Crippen LogP contribution in [0, 0.1) is 11.3 Å². The molecular weight excluding hydrogens is 273 g/mol. The van der Waals surface area contributed by atoms with Crippen molar-refractivity contribution in [1.82, 2.24) is 15.2 Å². The van der Waals surface area contributed by atoms with E-state index in [4.69, 9.17) is 11.0 Å². The molecule has 0 aromatic carbocycles. The second-order valence-electron chi connectivity index (χ2n) is 3.86. The van der Waals surface area contributed by atoms with Crippen molar-refractivity contribution < 1.29 is 13.2 Å². The minimum atomic E-state index is -4.57. The Hall–Kier alpha value is -2.76. The lowest BCUT2D eigenvalue weighted by atomic mass is 10.2. The molecule has 0 amide bonds. The molecule has 0 saturated heterocycles. The van der Waals surface area contributed by atoms with Crippen LogP contribution in [0.15, 0.2) is 18.3 Å². The van der Waals surface area contributed by atoms with Crippen molar-refractivity contribution in [3.8, 4) is 6.07 Å². The third-order valence-electron chi connectivity index (χ3n) is 2.50. The van der Waals surface area contributed by atoms with E-state index in [1.807, 2.05) is 0 Å². The summed E-state index contributed by atoms with van der Waals surface area (Å²) >= 11 is 0. The number of aromatic nitrogens is 3. The van der Waals surface area contributed by atoms with E-state index >= 15 is 0 Å². The molecule has 6 nitrogen and oxygen atoms in total. The van der Waals surface area contributed by atoms with Crippen molar-refractivity contribution >= 4 is 11.6 Å². The molecule has 0 unspecified atom stereocenters. The Morgan fingerprint density at radius 2 is 2.15 bits per heavy atom. The first-order valence-electron chi connectivity index (χ1n) is 5.41. The molecule has 0 aliphatic heterocycles. The summed E-state index contributed by atoms with van der Waals surface area (Å²) < 4.78 is 37.7. The van der Waals surface area contributed by atoms with Gasteiger partial charge in [0.15, 0.2) is 0 Å². The normalized spacial score (nSPS) is 11.1. The number of nitrogens with zero attached hydrogens (tertiary/aromatic N) is 3. The molecule has 2 aromatic heterocycles. The van der Waals surface area contributed by atoms with Gasteiger partial charge in [-0.25, -0.2) is 4.98 Å². The number of rotatable bonds is 3. The minimum absolute atomic E-state index is 0.0140. The van der Waals surface area contributed by atoms with Crippen LogP contribution in [0.25, 0.3) is 0 Å². The van der Waals surface area contributed by atoms with Gasteiger partial charge in [-0.05, 0) is 12.1 Å². The fraction of sp³-hybridized carbons (Fsp3) is 0.182. The standard InChI is InChI=1S/C11H9F3N6/c12-11(13,14)8-2-1-6(3-15)10(19-8)17-4-7-5-18-20-9(7)16/h1-2,5H,4H2,(H,17,19)(H3,16,18,20). The number of hydrogen-bond acceptors (Lipinski definition) is 5. The number of aromatic amines is 1. The summed E-state index contributed by atoms with van der Waals surface area (Å²) in [6, 6.07) is 3.60. The van der Waals surface area contributed by atoms with E-state index in [1.54, 1.807) is 6.07 Å². The molecule has 2 aromatic rings. The van der Waals surface area contributed by atoms with E-state index in [0.717, 1.165) is 12.1 Å². The maximum Gasteiger partial charge on any atom is 0.433 e. The molecule has 2 heterocycles. The van der Waals surface area contributed by atoms with E-state index in [9.17, 15) is 13.2 Å². The van der Waals surface area contributed by atoms with Crippen molar-refractivity contribution in [1.29, 1.82) is 5.26 Å². The van der Waals surface area contributed by atoms with Crippen LogP contribution in [0.1, 0.15) is 16.8 Å². The van der Waals surface area contributed by atoms with Crippen molar-refractivity contribution in [3.05, 3.63) is 35.2 Å². The Balaban J connectivity index is 2.26. The van der Waals surface area contributed by atoms with Gasteiger partial charge in [-0.3, -0.25) is 5.10 Å². The lowest BCUT2D eigenvalue weighted by Gasteiger charge is -2.10. The monoisotopic (exact) mass is 282 g/mol. The summed E-state index contributed by atoms with van der Waals surface area (Å²) in [6.07, 6.45) is -3.14. The highest BCUT2D eigenvalue weighted by Crippen LogP contribution is 2.29. The van der Waals surface area contributed by atoms with Gasteiger partial charge in [0.25, 0.3) is 0 Å². The average molecular weight is 282 g/mol. The highest BCUT2D eigenvalue weighted by molar-refractivity contribution is 5.53. The van der Waals surface area contributed by atoms with E-state index in [0.29, 0.717) is 11.4 Å². The highest BCUT2D eigenvalue weighted by atomic mass is 19.4. The number of pyridine rings is 1. The smallest absolute Gasteiger partial charge is 0.384 e. The first-order chi connectivity index (χ1) is 9.41. The van der Waals surface area contributed by atoms with Gasteiger partial charge in [0.05, 0.1) is 11.8 Å². The molecule has 20 heavy (non-hydrogen) atoms. The summed E-state index contributed by atoms with van der Waals surface area (Å²) in [5.41, 5.74) is 5.06. The van der Waals surface area contributed by atoms with Gasteiger partial charge >= 0.3 is 6.18 Å². The zero-order valence-corrected chi connectivity index (χ0v) is 9.99. The first-order valence-corrected chi connectivity index (χ1v) is 5.41. The molecule has 0 aliphatic rings. The number of nitrogen functional groups attached to an aromatic ring is 1. The molecule has 0 radical (unpaired) electrons. The zero-order chi connectivity index (χ0) is 14.8. The third-order valence-corrected chi connectivity index (χ3v) is 2.50. The van der Waals surface area contributed by atoms with Crippen LogP contribution < -0.4 is 11.1 Å². The van der Waals surface area contributed by atoms with E-state index in [1.165, 1.54) is 6.20 Å². The predicted molar refractivity (Wildman–Crippen MR) is 64.3 cm³/mol. The summed E-state index contributed by atoms with van der Waals surface area (Å²) in [5.74, 6) is 0.144. The molecular formula is C11H9F3N6. The van der Waals surface area contributed by atoms with E-state index in [2.05, 4.69) is 20.5 Å². The van der Waals surface area contributed by atoms with Crippen molar-refractivity contribution in [3.63, 3.8) is 0 Å². The average Bonchev–Trinajstić information content (AvgIpc) is 2.80. The summed E-state index contributed by atoms with van der Waals surface area (Å²) in [4.78, 5) is 3.41. The number of halogens is 3. The van der Waals surface area contributed by atoms with Crippen LogP contribution >= 0.6 is 0 Å². The topological polar surface area (TPSA) is 103 Å². The van der Waals surface area contributed by atoms with Gasteiger partial charge in [0, 0.05) is 12.1 Å². The Morgan fingerprint density at radius 1 is 1.40 bits per heavy atom. The van der Waals surface area contributed by atoms with E-state index in [-0.39, 0.29) is 17.9 Å². The summed E-state index contributed by atoms with van der Waals surface area (Å²) in [7, 11) is 0. The maximum atomic E-state index is 12.6. The lowest BCUT2D eigenvalue weighted by Crippen LogP contribution is -2.11. The molecule has 0 saturated carbocycles. The lowest BCUT2D eigenvalue weighted by molar-refractivity contribution is -0.141. The predicted octanol–water partition coefficient (Wildman–Crippen LogP) is 1.89. The Bertz CT molecular complexity index is 655. The molecule has 9 heteroatoms. The van der Waals surface area contributed by atoms with Crippen molar-refractivity contribution in [2.24, 2.45) is 0 Å². The molecule has 2 rings (SSSR count). The number of H-pyrrole nitrogens is 1. The molecule has 0 atom stereocenters. The third kappa shape index (κ3) is 2.80. The molecule has 0 fully saturated rings. The number of nitrogens with one attached hydrogen (secondary N) is 2. The van der Waals surface area contributed by atoms with Gasteiger partial charge in [-0.2, -0.15) is 23.5 Å². The summed E-state index contributed by atoms with van der Waals surface area (Å²) in [6.45, 7) is 0.103. The van der Waals surface area contributed by atoms with Crippen molar-refractivity contribution in [2.45, 2.75) is 12.7 Å². The number of nitriles is 1. The van der Waals surface area contributed by atoms with Gasteiger partial charge < -0.3 is 11.1 Å². The number of anilines is 2. The molecule has 104 valence electrons. The van der Waals surface area contributed by atoms with Crippen LogP contribution in [0.5, 0.6) is 0 Å². The highest BCUT2D eigenvalue weighted by Gasteiger charge is 2.33. The fourth-order valence-electron chi connectivity index (χ4n) is 1.48. The second-order valence-corrected chi connectivity index (χ2v) is 3.86. The number of alkyl halides is 3. The quantitative estimate of drug-likeness (QED) is 0.797. The minimum Gasteiger partial charge on any atom is -0.384 e. The van der Waals surface area contributed by atoms with Gasteiger partial charge in [-0.15, -0.1) is 0 Å². The largest absolute Gasteiger partial charge is 0.433 e. The Morgan fingerprint density at radius 3 is 2.70 bits per heavy atom. The van der Waals surface area contributed by atoms with Crippen LogP contribution in [-0.4, -0.2) is 15.2 Å². The Labute approximate surface area is 111 Å². The zero-order valence-electron chi connectivity index (χ0n) is 9.99. The number of hydrogen-bond donors (Lipinski definition) is 3. The van der Waals surface area contributed by atoms with Gasteiger partial charge in [0.2, 0.25) is 0 Å². The van der Waals surface area contributed by atoms with Crippen LogP contribution in [0.4, 0.5) is 24.8 Å². The summed E-state index contributed by atoms with van der Waals surface area (Å²) in [5, 5.41) is 17.7. The van der Waals surface area contributed by atoms with Crippen LogP contribution in [0.2, 0.25) is 0 Å². The van der Waals surface area contributed by atoms with Crippen LogP contribution in [-0.2, 0) is 12.7 Å². The molecule has 0 spiro atoms. The van der Waals surface area contributed by atoms with E-state index < -0.39 is 11.9 Å². The second kappa shape index (κ2) is 5.08. The SMILES string of the molecule is N#Cc1ccc(C(F)(F)F)nc1NCc1cn[nH]c1N. The maximum absolute atomic E-state index is 12.6. The molecule has 0 bridgehead atoms. The number of nitrogens with two attached hydrogens (primary N) is 1. The molecule has 0 aliphatic carbocycles. The Kier molecular flexibility index (Phi) is 3.47.